The zero-order valence-corrected chi connectivity index (χ0v) is 18.1. The summed E-state index contributed by atoms with van der Waals surface area (Å²) in [5.74, 6) is 1.96. The summed E-state index contributed by atoms with van der Waals surface area (Å²) in [6.45, 7) is 0. The zero-order valence-electron chi connectivity index (χ0n) is 18.1. The van der Waals surface area contributed by atoms with Crippen LogP contribution in [0.2, 0.25) is 0 Å². The van der Waals surface area contributed by atoms with Crippen LogP contribution in [0, 0.1) is 0 Å². The Labute approximate surface area is 183 Å². The number of rotatable bonds is 8. The SMILES string of the molecule is COc1ccc(C(O)(Cc2ccncc2)c2ccccc2OC)cc1OC1CCCC1. The Morgan fingerprint density at radius 2 is 1.61 bits per heavy atom. The average Bonchev–Trinajstić information content (AvgIpc) is 3.32. The van der Waals surface area contributed by atoms with Gasteiger partial charge in [0.15, 0.2) is 11.5 Å². The summed E-state index contributed by atoms with van der Waals surface area (Å²) < 4.78 is 17.5. The molecule has 1 aliphatic rings. The number of pyridine rings is 1. The molecule has 0 radical (unpaired) electrons. The molecule has 1 saturated carbocycles. The van der Waals surface area contributed by atoms with Crippen molar-refractivity contribution in [1.29, 1.82) is 0 Å². The summed E-state index contributed by atoms with van der Waals surface area (Å²) in [5, 5.41) is 12.2. The first-order chi connectivity index (χ1) is 15.1. The Balaban J connectivity index is 1.81. The average molecular weight is 420 g/mol. The molecule has 1 unspecified atom stereocenters. The van der Waals surface area contributed by atoms with E-state index < -0.39 is 5.60 Å². The van der Waals surface area contributed by atoms with Crippen molar-refractivity contribution in [3.63, 3.8) is 0 Å². The second-order valence-corrected chi connectivity index (χ2v) is 7.98. The van der Waals surface area contributed by atoms with Crippen molar-refractivity contribution >= 4 is 0 Å². The normalized spacial score (nSPS) is 16.0. The Morgan fingerprint density at radius 3 is 2.32 bits per heavy atom. The van der Waals surface area contributed by atoms with Gasteiger partial charge >= 0.3 is 0 Å². The summed E-state index contributed by atoms with van der Waals surface area (Å²) in [6.07, 6.45) is 8.47. The number of nitrogens with zero attached hydrogens (tertiary/aromatic N) is 1. The largest absolute Gasteiger partial charge is 0.496 e. The molecule has 1 aliphatic carbocycles. The van der Waals surface area contributed by atoms with Crippen molar-refractivity contribution in [2.45, 2.75) is 43.8 Å². The highest BCUT2D eigenvalue weighted by Crippen LogP contribution is 2.42. The van der Waals surface area contributed by atoms with Gasteiger partial charge in [-0.3, -0.25) is 4.98 Å². The van der Waals surface area contributed by atoms with E-state index in [0.29, 0.717) is 29.2 Å². The van der Waals surface area contributed by atoms with Gasteiger partial charge in [-0.1, -0.05) is 24.3 Å². The first-order valence-electron chi connectivity index (χ1n) is 10.7. The molecule has 1 heterocycles. The molecule has 1 N–H and O–H groups in total. The van der Waals surface area contributed by atoms with Crippen LogP contribution < -0.4 is 14.2 Å². The molecule has 3 aromatic rings. The van der Waals surface area contributed by atoms with Crippen molar-refractivity contribution in [1.82, 2.24) is 4.98 Å². The van der Waals surface area contributed by atoms with Gasteiger partial charge in [0, 0.05) is 24.4 Å². The third kappa shape index (κ3) is 4.52. The fraction of sp³-hybridized carbons (Fsp3) is 0.346. The molecule has 5 nitrogen and oxygen atoms in total. The van der Waals surface area contributed by atoms with Gasteiger partial charge in [-0.15, -0.1) is 0 Å². The number of ether oxygens (including phenoxy) is 3. The van der Waals surface area contributed by atoms with E-state index in [1.54, 1.807) is 26.6 Å². The molecule has 0 spiro atoms. The number of hydrogen-bond acceptors (Lipinski definition) is 5. The molecule has 0 saturated heterocycles. The minimum absolute atomic E-state index is 0.184. The van der Waals surface area contributed by atoms with Gasteiger partial charge in [0.2, 0.25) is 0 Å². The van der Waals surface area contributed by atoms with Crippen LogP contribution in [0.15, 0.2) is 67.0 Å². The van der Waals surface area contributed by atoms with Crippen LogP contribution in [-0.4, -0.2) is 30.4 Å². The summed E-state index contributed by atoms with van der Waals surface area (Å²) >= 11 is 0. The first kappa shape index (κ1) is 21.2. The Kier molecular flexibility index (Phi) is 6.42. The minimum Gasteiger partial charge on any atom is -0.496 e. The highest BCUT2D eigenvalue weighted by molar-refractivity contribution is 5.51. The lowest BCUT2D eigenvalue weighted by Crippen LogP contribution is -2.31. The van der Waals surface area contributed by atoms with Gasteiger partial charge in [-0.25, -0.2) is 0 Å². The molecule has 1 aromatic heterocycles. The maximum Gasteiger partial charge on any atom is 0.161 e. The molecule has 2 aromatic carbocycles. The topological polar surface area (TPSA) is 60.8 Å². The predicted octanol–water partition coefficient (Wildman–Crippen LogP) is 4.90. The number of methoxy groups -OCH3 is 2. The quantitative estimate of drug-likeness (QED) is 0.563. The van der Waals surface area contributed by atoms with Gasteiger partial charge in [0.05, 0.1) is 20.3 Å². The van der Waals surface area contributed by atoms with Crippen molar-refractivity contribution in [3.05, 3.63) is 83.7 Å². The van der Waals surface area contributed by atoms with E-state index >= 15 is 0 Å². The van der Waals surface area contributed by atoms with Crippen LogP contribution in [0.25, 0.3) is 0 Å². The fourth-order valence-electron chi connectivity index (χ4n) is 4.35. The number of para-hydroxylation sites is 1. The first-order valence-corrected chi connectivity index (χ1v) is 10.7. The van der Waals surface area contributed by atoms with Crippen LogP contribution in [-0.2, 0) is 12.0 Å². The third-order valence-corrected chi connectivity index (χ3v) is 6.00. The van der Waals surface area contributed by atoms with E-state index in [4.69, 9.17) is 14.2 Å². The molecule has 0 amide bonds. The van der Waals surface area contributed by atoms with Crippen molar-refractivity contribution in [2.24, 2.45) is 0 Å². The van der Waals surface area contributed by atoms with Crippen molar-refractivity contribution < 1.29 is 19.3 Å². The van der Waals surface area contributed by atoms with Crippen molar-refractivity contribution in [2.75, 3.05) is 14.2 Å². The lowest BCUT2D eigenvalue weighted by molar-refractivity contribution is 0.0774. The number of hydrogen-bond donors (Lipinski definition) is 1. The Hall–Kier alpha value is -3.05. The molecule has 31 heavy (non-hydrogen) atoms. The number of benzene rings is 2. The summed E-state index contributed by atoms with van der Waals surface area (Å²) in [6, 6.07) is 17.1. The van der Waals surface area contributed by atoms with Crippen LogP contribution in [0.4, 0.5) is 0 Å². The zero-order chi connectivity index (χ0) is 21.7. The van der Waals surface area contributed by atoms with Crippen LogP contribution in [0.3, 0.4) is 0 Å². The molecular formula is C26H29NO4. The second-order valence-electron chi connectivity index (χ2n) is 7.98. The lowest BCUT2D eigenvalue weighted by Gasteiger charge is -2.31. The molecule has 0 aliphatic heterocycles. The number of aliphatic hydroxyl groups is 1. The predicted molar refractivity (Wildman–Crippen MR) is 120 cm³/mol. The summed E-state index contributed by atoms with van der Waals surface area (Å²) in [5.41, 5.74) is 1.07. The maximum absolute atomic E-state index is 12.2. The molecule has 4 rings (SSSR count). The van der Waals surface area contributed by atoms with E-state index in [2.05, 4.69) is 4.98 Å². The van der Waals surface area contributed by atoms with E-state index in [9.17, 15) is 5.11 Å². The van der Waals surface area contributed by atoms with E-state index in [1.165, 1.54) is 12.8 Å². The molecule has 1 atom stereocenters. The van der Waals surface area contributed by atoms with E-state index in [-0.39, 0.29) is 6.10 Å². The van der Waals surface area contributed by atoms with Crippen LogP contribution >= 0.6 is 0 Å². The maximum atomic E-state index is 12.2. The van der Waals surface area contributed by atoms with Crippen LogP contribution in [0.1, 0.15) is 42.4 Å². The van der Waals surface area contributed by atoms with Gasteiger partial charge in [0.1, 0.15) is 11.4 Å². The monoisotopic (exact) mass is 419 g/mol. The van der Waals surface area contributed by atoms with E-state index in [1.807, 2.05) is 54.6 Å². The van der Waals surface area contributed by atoms with Crippen molar-refractivity contribution in [3.8, 4) is 17.2 Å². The van der Waals surface area contributed by atoms with Gasteiger partial charge in [-0.2, -0.15) is 0 Å². The van der Waals surface area contributed by atoms with E-state index in [0.717, 1.165) is 24.0 Å². The highest BCUT2D eigenvalue weighted by atomic mass is 16.5. The van der Waals surface area contributed by atoms with Gasteiger partial charge < -0.3 is 19.3 Å². The number of aromatic nitrogens is 1. The molecule has 162 valence electrons. The Bertz CT molecular complexity index is 1000. The minimum atomic E-state index is -1.33. The second kappa shape index (κ2) is 9.40. The highest BCUT2D eigenvalue weighted by Gasteiger charge is 2.35. The summed E-state index contributed by atoms with van der Waals surface area (Å²) in [4.78, 5) is 4.11. The third-order valence-electron chi connectivity index (χ3n) is 6.00. The van der Waals surface area contributed by atoms with Crippen LogP contribution in [0.5, 0.6) is 17.2 Å². The Morgan fingerprint density at radius 1 is 0.903 bits per heavy atom. The van der Waals surface area contributed by atoms with Gasteiger partial charge in [-0.05, 0) is 67.1 Å². The molecule has 5 heteroatoms. The molecule has 1 fully saturated rings. The smallest absolute Gasteiger partial charge is 0.161 e. The molecule has 0 bridgehead atoms. The van der Waals surface area contributed by atoms with Gasteiger partial charge in [0.25, 0.3) is 0 Å². The standard InChI is InChI=1S/C26H29NO4/c1-29-23-10-6-5-9-22(23)26(28,18-19-13-15-27-16-14-19)20-11-12-24(30-2)25(17-20)31-21-7-3-4-8-21/h5-6,9-17,21,28H,3-4,7-8,18H2,1-2H3. The lowest BCUT2D eigenvalue weighted by atomic mass is 9.81. The summed E-state index contributed by atoms with van der Waals surface area (Å²) in [7, 11) is 3.26. The molecular weight excluding hydrogens is 390 g/mol. The fourth-order valence-corrected chi connectivity index (χ4v) is 4.35.